The van der Waals surface area contributed by atoms with Gasteiger partial charge in [-0.2, -0.15) is 0 Å². The molecule has 0 heterocycles. The van der Waals surface area contributed by atoms with E-state index in [1.807, 2.05) is 0 Å². The highest BCUT2D eigenvalue weighted by molar-refractivity contribution is 6.03. The van der Waals surface area contributed by atoms with Crippen molar-refractivity contribution in [2.45, 2.75) is 6.92 Å². The van der Waals surface area contributed by atoms with E-state index in [2.05, 4.69) is 5.32 Å². The Morgan fingerprint density at radius 3 is 2.65 bits per heavy atom. The fourth-order valence-corrected chi connectivity index (χ4v) is 1.36. The molecule has 1 aromatic carbocycles. The van der Waals surface area contributed by atoms with Crippen molar-refractivity contribution in [3.8, 4) is 5.75 Å². The third-order valence-corrected chi connectivity index (χ3v) is 2.12. The highest BCUT2D eigenvalue weighted by atomic mass is 16.8. The summed E-state index contributed by atoms with van der Waals surface area (Å²) in [5.74, 6) is -1.90. The molecule has 108 valence electrons. The van der Waals surface area contributed by atoms with Gasteiger partial charge in [0.25, 0.3) is 0 Å². The SMILES string of the molecule is CCOc1ccc(NC(=O)C=CC(=O)[O-])c(N(O)O)c1. The zero-order valence-corrected chi connectivity index (χ0v) is 10.6. The molecular formula is C12H13N2O6-. The van der Waals surface area contributed by atoms with Crippen LogP contribution in [-0.2, 0) is 9.59 Å². The minimum atomic E-state index is -1.52. The van der Waals surface area contributed by atoms with E-state index in [1.54, 1.807) is 6.92 Å². The lowest BCUT2D eigenvalue weighted by molar-refractivity contribution is -0.297. The number of hydrogen-bond acceptors (Lipinski definition) is 7. The first kappa shape index (κ1) is 15.5. The second-order valence-corrected chi connectivity index (χ2v) is 3.54. The maximum atomic E-state index is 11.4. The topological polar surface area (TPSA) is 122 Å². The van der Waals surface area contributed by atoms with Crippen LogP contribution in [0.5, 0.6) is 5.75 Å². The molecule has 0 aliphatic carbocycles. The van der Waals surface area contributed by atoms with Crippen molar-refractivity contribution >= 4 is 23.3 Å². The van der Waals surface area contributed by atoms with Crippen LogP contribution < -0.4 is 20.4 Å². The number of benzene rings is 1. The molecule has 1 rings (SSSR count). The molecule has 20 heavy (non-hydrogen) atoms. The van der Waals surface area contributed by atoms with E-state index in [-0.39, 0.29) is 16.6 Å². The van der Waals surface area contributed by atoms with Gasteiger partial charge in [0.2, 0.25) is 5.91 Å². The van der Waals surface area contributed by atoms with Gasteiger partial charge in [0.05, 0.1) is 18.3 Å². The van der Waals surface area contributed by atoms with Gasteiger partial charge in [0.1, 0.15) is 11.4 Å². The van der Waals surface area contributed by atoms with Crippen LogP contribution in [0.15, 0.2) is 30.4 Å². The molecule has 8 nitrogen and oxygen atoms in total. The summed E-state index contributed by atoms with van der Waals surface area (Å²) in [5.41, 5.74) is -0.0717. The first-order chi connectivity index (χ1) is 9.43. The number of carbonyl (C=O) groups is 2. The lowest BCUT2D eigenvalue weighted by atomic mass is 10.2. The Balaban J connectivity index is 2.94. The van der Waals surface area contributed by atoms with Crippen molar-refractivity contribution in [2.24, 2.45) is 0 Å². The summed E-state index contributed by atoms with van der Waals surface area (Å²) in [6, 6.07) is 4.18. The summed E-state index contributed by atoms with van der Waals surface area (Å²) in [4.78, 5) is 21.6. The van der Waals surface area contributed by atoms with Crippen LogP contribution in [0.1, 0.15) is 6.92 Å². The highest BCUT2D eigenvalue weighted by Crippen LogP contribution is 2.29. The summed E-state index contributed by atoms with van der Waals surface area (Å²) >= 11 is 0. The van der Waals surface area contributed by atoms with Gasteiger partial charge in [-0.15, -0.1) is 5.23 Å². The average molecular weight is 281 g/mol. The maximum Gasteiger partial charge on any atom is 0.248 e. The van der Waals surface area contributed by atoms with Crippen LogP contribution in [0.2, 0.25) is 0 Å². The zero-order chi connectivity index (χ0) is 15.1. The van der Waals surface area contributed by atoms with Crippen LogP contribution in [-0.4, -0.2) is 28.9 Å². The van der Waals surface area contributed by atoms with E-state index in [4.69, 9.17) is 15.2 Å². The van der Waals surface area contributed by atoms with Gasteiger partial charge in [0, 0.05) is 12.1 Å². The molecule has 1 amide bonds. The monoisotopic (exact) mass is 281 g/mol. The van der Waals surface area contributed by atoms with E-state index < -0.39 is 11.9 Å². The van der Waals surface area contributed by atoms with Crippen LogP contribution in [0.4, 0.5) is 11.4 Å². The molecule has 1 aromatic rings. The normalized spacial score (nSPS) is 10.3. The minimum absolute atomic E-state index is 0.0615. The molecule has 8 heteroatoms. The van der Waals surface area contributed by atoms with Crippen LogP contribution in [0.3, 0.4) is 0 Å². The smallest absolute Gasteiger partial charge is 0.248 e. The summed E-state index contributed by atoms with van der Waals surface area (Å²) in [7, 11) is 0. The molecule has 0 aliphatic rings. The van der Waals surface area contributed by atoms with Gasteiger partial charge < -0.3 is 20.0 Å². The van der Waals surface area contributed by atoms with E-state index >= 15 is 0 Å². The highest BCUT2D eigenvalue weighted by Gasteiger charge is 2.11. The predicted molar refractivity (Wildman–Crippen MR) is 66.4 cm³/mol. The van der Waals surface area contributed by atoms with Crippen LogP contribution >= 0.6 is 0 Å². The molecule has 0 aliphatic heterocycles. The second-order valence-electron chi connectivity index (χ2n) is 3.54. The Kier molecular flexibility index (Phi) is 5.51. The van der Waals surface area contributed by atoms with E-state index in [0.717, 1.165) is 6.08 Å². The number of anilines is 2. The Labute approximate surface area is 114 Å². The molecule has 0 spiro atoms. The number of carbonyl (C=O) groups excluding carboxylic acids is 2. The van der Waals surface area contributed by atoms with Crippen molar-refractivity contribution in [1.29, 1.82) is 0 Å². The Bertz CT molecular complexity index is 527. The molecule has 3 N–H and O–H groups in total. The lowest BCUT2D eigenvalue weighted by Crippen LogP contribution is -2.20. The van der Waals surface area contributed by atoms with Gasteiger partial charge >= 0.3 is 0 Å². The minimum Gasteiger partial charge on any atom is -0.545 e. The molecule has 0 aromatic heterocycles. The number of rotatable bonds is 6. The van der Waals surface area contributed by atoms with E-state index in [9.17, 15) is 14.7 Å². The van der Waals surface area contributed by atoms with Gasteiger partial charge in [-0.25, -0.2) is 0 Å². The second kappa shape index (κ2) is 7.12. The Morgan fingerprint density at radius 2 is 2.10 bits per heavy atom. The van der Waals surface area contributed by atoms with Gasteiger partial charge in [-0.05, 0) is 25.1 Å². The number of nitrogens with zero attached hydrogens (tertiary/aromatic N) is 1. The van der Waals surface area contributed by atoms with Gasteiger partial charge in [-0.3, -0.25) is 15.2 Å². The number of aliphatic carboxylic acids is 1. The average Bonchev–Trinajstić information content (AvgIpc) is 2.38. The number of nitrogens with one attached hydrogen (secondary N) is 1. The molecular weight excluding hydrogens is 268 g/mol. The quantitative estimate of drug-likeness (QED) is 0.492. The number of carboxylic acids is 1. The molecule has 0 saturated heterocycles. The molecule has 0 unspecified atom stereocenters. The molecule has 0 bridgehead atoms. The molecule has 0 fully saturated rings. The predicted octanol–water partition coefficient (Wildman–Crippen LogP) is -0.0853. The fraction of sp³-hybridized carbons (Fsp3) is 0.167. The fourth-order valence-electron chi connectivity index (χ4n) is 1.36. The Morgan fingerprint density at radius 1 is 1.40 bits per heavy atom. The van der Waals surface area contributed by atoms with E-state index in [1.165, 1.54) is 18.2 Å². The summed E-state index contributed by atoms with van der Waals surface area (Å²) in [5, 5.41) is 30.4. The first-order valence-corrected chi connectivity index (χ1v) is 5.58. The standard InChI is InChI=1S/C12H14N2O6/c1-2-20-8-3-4-9(10(7-8)14(18)19)13-11(15)5-6-12(16)17/h3-7,18-19H,2H2,1H3,(H,13,15)(H,16,17)/p-1. The molecule has 0 saturated carbocycles. The van der Waals surface area contributed by atoms with Crippen LogP contribution in [0, 0.1) is 0 Å². The lowest BCUT2D eigenvalue weighted by Gasteiger charge is -2.15. The van der Waals surface area contributed by atoms with Gasteiger partial charge in [0.15, 0.2) is 0 Å². The summed E-state index contributed by atoms with van der Waals surface area (Å²) in [6.07, 6.45) is 1.30. The number of ether oxygens (including phenoxy) is 1. The zero-order valence-electron chi connectivity index (χ0n) is 10.6. The van der Waals surface area contributed by atoms with Crippen LogP contribution in [0.25, 0.3) is 0 Å². The third-order valence-electron chi connectivity index (χ3n) is 2.12. The van der Waals surface area contributed by atoms with Gasteiger partial charge in [-0.1, -0.05) is 0 Å². The first-order valence-electron chi connectivity index (χ1n) is 5.58. The summed E-state index contributed by atoms with van der Waals surface area (Å²) < 4.78 is 5.17. The number of hydrogen-bond donors (Lipinski definition) is 3. The van der Waals surface area contributed by atoms with Crippen molar-refractivity contribution in [3.63, 3.8) is 0 Å². The molecule has 0 atom stereocenters. The Hall–Kier alpha value is -2.58. The third kappa shape index (κ3) is 4.59. The van der Waals surface area contributed by atoms with Crippen molar-refractivity contribution < 1.29 is 29.8 Å². The number of carboxylic acid groups (broad SMARTS) is 1. The molecule has 0 radical (unpaired) electrons. The number of amides is 1. The van der Waals surface area contributed by atoms with Crippen molar-refractivity contribution in [1.82, 2.24) is 0 Å². The van der Waals surface area contributed by atoms with Crippen molar-refractivity contribution in [3.05, 3.63) is 30.4 Å². The van der Waals surface area contributed by atoms with E-state index in [0.29, 0.717) is 18.4 Å². The largest absolute Gasteiger partial charge is 0.545 e. The maximum absolute atomic E-state index is 11.4. The van der Waals surface area contributed by atoms with Crippen molar-refractivity contribution in [2.75, 3.05) is 17.2 Å². The summed E-state index contributed by atoms with van der Waals surface area (Å²) in [6.45, 7) is 2.14.